The molecule has 64 heavy (non-hydrogen) atoms. The Labute approximate surface area is 373 Å². The first-order valence-corrected chi connectivity index (χ1v) is 22.5. The number of amides is 2. The number of carbonyl (C=O) groups is 3. The average Bonchev–Trinajstić information content (AvgIpc) is 4.19. The number of aliphatic hydroxyl groups excluding tert-OH is 1. The standard InChI is InChI=1S/C49H59N7O8/c1-26(61-3)37(24-42(57)63-5)47(58)55-19-7-8-41(55)45-50-25-40(53-45)32-13-17-36-31(21-32)10-9-30-20-28(12-16-35(30)36)29-14-18-38-39(23-29)52-46(51-38)44-33-11-15-34(22-33)56(44)48(59)43(27(2)62-4)54-49(60)64-6/h12-14,16-18,20-21,23,25-27,33-34,37,41,43-44,48,59H,7-11,15,19,22,24H2,1-6H3,(H,50,53)(H,51,52)(H,54,60)/t26-,27-,33+,34-,37+,41+,43+,44+,48?/m1/s1. The van der Waals surface area contributed by atoms with E-state index in [0.29, 0.717) is 12.5 Å². The van der Waals surface area contributed by atoms with Crippen molar-refractivity contribution in [2.24, 2.45) is 11.8 Å². The maximum atomic E-state index is 13.8. The zero-order valence-electron chi connectivity index (χ0n) is 37.4. The molecule has 4 N–H and O–H groups in total. The molecule has 2 saturated heterocycles. The van der Waals surface area contributed by atoms with Crippen LogP contribution in [0.25, 0.3) is 44.5 Å². The van der Waals surface area contributed by atoms with Crippen molar-refractivity contribution in [2.75, 3.05) is 35.0 Å². The number of aryl methyl sites for hydroxylation is 2. The number of hydrogen-bond acceptors (Lipinski definition) is 11. The van der Waals surface area contributed by atoms with Gasteiger partial charge in [-0.3, -0.25) is 14.5 Å². The van der Waals surface area contributed by atoms with E-state index in [2.05, 4.69) is 74.8 Å². The van der Waals surface area contributed by atoms with Crippen LogP contribution in [-0.2, 0) is 41.4 Å². The number of carbonyl (C=O) groups excluding carboxylic acids is 3. The molecule has 2 amide bonds. The molecule has 0 spiro atoms. The summed E-state index contributed by atoms with van der Waals surface area (Å²) in [7, 11) is 5.76. The number of rotatable bonds is 14. The minimum atomic E-state index is -0.999. The second-order valence-corrected chi connectivity index (χ2v) is 17.9. The van der Waals surface area contributed by atoms with E-state index in [1.807, 2.05) is 24.9 Å². The number of aliphatic hydroxyl groups is 1. The van der Waals surface area contributed by atoms with Crippen LogP contribution in [-0.4, -0.2) is 118 Å². The van der Waals surface area contributed by atoms with E-state index in [1.54, 1.807) is 14.2 Å². The Kier molecular flexibility index (Phi) is 12.3. The molecule has 2 bridgehead atoms. The molecule has 9 atom stereocenters. The summed E-state index contributed by atoms with van der Waals surface area (Å²) in [6, 6.07) is 18.8. The van der Waals surface area contributed by atoms with E-state index < -0.39 is 42.5 Å². The summed E-state index contributed by atoms with van der Waals surface area (Å²) >= 11 is 0. The third kappa shape index (κ3) is 8.07. The summed E-state index contributed by atoms with van der Waals surface area (Å²) in [5, 5.41) is 14.6. The van der Waals surface area contributed by atoms with E-state index in [1.165, 1.54) is 36.5 Å². The molecule has 5 aromatic rings. The SMILES string of the molecule is COC(=O)C[C@H](C(=O)N1CCC[C@H]1c1ncc(-c2ccc3c(c2)CCc2cc(-c4ccc5nc([C@@H]6[C@H]7CC[C@H](C7)N6C(O)[C@@H](NC(=O)OC)[C@@H](C)OC)[nH]c5c4)ccc2-3)[nH]1)[C@@H](C)OC. The van der Waals surface area contributed by atoms with Crippen LogP contribution < -0.4 is 5.32 Å². The van der Waals surface area contributed by atoms with Crippen molar-refractivity contribution in [3.8, 4) is 33.5 Å². The third-order valence-corrected chi connectivity index (χ3v) is 14.5. The molecule has 1 saturated carbocycles. The Bertz CT molecular complexity index is 2540. The van der Waals surface area contributed by atoms with Gasteiger partial charge in [0, 0.05) is 26.8 Å². The van der Waals surface area contributed by atoms with Gasteiger partial charge in [0.15, 0.2) is 0 Å². The van der Waals surface area contributed by atoms with Crippen molar-refractivity contribution >= 4 is 29.0 Å². The van der Waals surface area contributed by atoms with Gasteiger partial charge < -0.3 is 44.2 Å². The molecule has 15 nitrogen and oxygen atoms in total. The smallest absolute Gasteiger partial charge is 0.407 e. The van der Waals surface area contributed by atoms with E-state index in [0.717, 1.165) is 90.0 Å². The van der Waals surface area contributed by atoms with Gasteiger partial charge in [-0.2, -0.15) is 0 Å². The van der Waals surface area contributed by atoms with Crippen molar-refractivity contribution in [3.63, 3.8) is 0 Å². The predicted molar refractivity (Wildman–Crippen MR) is 240 cm³/mol. The van der Waals surface area contributed by atoms with Gasteiger partial charge in [0.1, 0.15) is 17.9 Å². The van der Waals surface area contributed by atoms with Crippen LogP contribution in [0.2, 0.25) is 0 Å². The van der Waals surface area contributed by atoms with Gasteiger partial charge in [-0.25, -0.2) is 14.8 Å². The van der Waals surface area contributed by atoms with Crippen molar-refractivity contribution in [1.29, 1.82) is 0 Å². The summed E-state index contributed by atoms with van der Waals surface area (Å²) in [6.45, 7) is 4.23. The molecule has 9 rings (SSSR count). The number of nitrogens with zero attached hydrogens (tertiary/aromatic N) is 4. The van der Waals surface area contributed by atoms with Gasteiger partial charge in [0.05, 0.1) is 79.8 Å². The fraction of sp³-hybridized carbons (Fsp3) is 0.490. The molecule has 338 valence electrons. The first kappa shape index (κ1) is 43.6. The van der Waals surface area contributed by atoms with E-state index in [9.17, 15) is 19.5 Å². The number of ether oxygens (including phenoxy) is 4. The molecule has 3 fully saturated rings. The lowest BCUT2D eigenvalue weighted by Gasteiger charge is -2.41. The number of methoxy groups -OCH3 is 4. The Morgan fingerprint density at radius 3 is 2.27 bits per heavy atom. The molecule has 2 aromatic heterocycles. The molecular formula is C49H59N7O8. The van der Waals surface area contributed by atoms with Gasteiger partial charge in [0.2, 0.25) is 5.91 Å². The first-order valence-electron chi connectivity index (χ1n) is 22.5. The van der Waals surface area contributed by atoms with Crippen LogP contribution in [0.4, 0.5) is 4.79 Å². The number of nitrogens with one attached hydrogen (secondary N) is 3. The predicted octanol–water partition coefficient (Wildman–Crippen LogP) is 6.87. The second-order valence-electron chi connectivity index (χ2n) is 17.9. The van der Waals surface area contributed by atoms with Gasteiger partial charge in [-0.15, -0.1) is 0 Å². The first-order chi connectivity index (χ1) is 31.0. The Hall–Kier alpha value is -5.61. The maximum absolute atomic E-state index is 13.8. The molecule has 2 aliphatic carbocycles. The molecule has 0 radical (unpaired) electrons. The van der Waals surface area contributed by atoms with Gasteiger partial charge in [-0.1, -0.05) is 36.4 Å². The van der Waals surface area contributed by atoms with E-state index >= 15 is 0 Å². The van der Waals surface area contributed by atoms with Gasteiger partial charge in [-0.05, 0) is 122 Å². The normalized spacial score (nSPS) is 22.7. The number of piperidine rings is 1. The highest BCUT2D eigenvalue weighted by atomic mass is 16.5. The highest BCUT2D eigenvalue weighted by Crippen LogP contribution is 2.51. The van der Waals surface area contributed by atoms with Crippen LogP contribution in [0, 0.1) is 11.8 Å². The van der Waals surface area contributed by atoms with Gasteiger partial charge in [0.25, 0.3) is 0 Å². The number of H-pyrrole nitrogens is 2. The number of fused-ring (bicyclic) bond motifs is 6. The Morgan fingerprint density at radius 2 is 1.55 bits per heavy atom. The fourth-order valence-corrected chi connectivity index (χ4v) is 10.9. The van der Waals surface area contributed by atoms with E-state index in [-0.39, 0.29) is 30.5 Å². The maximum Gasteiger partial charge on any atom is 0.407 e. The summed E-state index contributed by atoms with van der Waals surface area (Å²) in [5.41, 5.74) is 11.0. The minimum Gasteiger partial charge on any atom is -0.469 e. The second kappa shape index (κ2) is 18.1. The summed E-state index contributed by atoms with van der Waals surface area (Å²) < 4.78 is 20.8. The quantitative estimate of drug-likeness (QED) is 0.0855. The number of aromatic amines is 2. The van der Waals surface area contributed by atoms with Crippen LogP contribution in [0.1, 0.15) is 87.2 Å². The van der Waals surface area contributed by atoms with Crippen LogP contribution >= 0.6 is 0 Å². The lowest BCUT2D eigenvalue weighted by molar-refractivity contribution is -0.151. The van der Waals surface area contributed by atoms with Crippen molar-refractivity contribution in [3.05, 3.63) is 83.6 Å². The topological polar surface area (TPSA) is 184 Å². The number of imidazole rings is 2. The lowest BCUT2D eigenvalue weighted by atomic mass is 9.83. The molecule has 1 unspecified atom stereocenters. The number of esters is 1. The summed E-state index contributed by atoms with van der Waals surface area (Å²) in [6.07, 6.45) is 5.74. The third-order valence-electron chi connectivity index (χ3n) is 14.5. The summed E-state index contributed by atoms with van der Waals surface area (Å²) in [4.78, 5) is 59.3. The highest BCUT2D eigenvalue weighted by molar-refractivity contribution is 5.86. The largest absolute Gasteiger partial charge is 0.469 e. The fourth-order valence-electron chi connectivity index (χ4n) is 10.9. The molecular weight excluding hydrogens is 815 g/mol. The van der Waals surface area contributed by atoms with Crippen molar-refractivity contribution < 1.29 is 38.4 Å². The molecule has 3 aromatic carbocycles. The molecule has 4 aliphatic rings. The van der Waals surface area contributed by atoms with E-state index in [4.69, 9.17) is 28.9 Å². The Morgan fingerprint density at radius 1 is 0.844 bits per heavy atom. The van der Waals surface area contributed by atoms with Crippen molar-refractivity contribution in [1.82, 2.24) is 35.1 Å². The molecule has 2 aliphatic heterocycles. The van der Waals surface area contributed by atoms with Crippen LogP contribution in [0.15, 0.2) is 60.8 Å². The summed E-state index contributed by atoms with van der Waals surface area (Å²) in [5.74, 6) is 0.692. The van der Waals surface area contributed by atoms with Gasteiger partial charge >= 0.3 is 12.1 Å². The highest BCUT2D eigenvalue weighted by Gasteiger charge is 2.52. The Balaban J connectivity index is 0.918. The zero-order chi connectivity index (χ0) is 44.8. The molecule has 15 heteroatoms. The minimum absolute atomic E-state index is 0.0380. The lowest BCUT2D eigenvalue weighted by Crippen LogP contribution is -2.59. The van der Waals surface area contributed by atoms with Crippen molar-refractivity contribution in [2.45, 2.75) is 108 Å². The number of likely N-dealkylation sites (tertiary alicyclic amines) is 2. The monoisotopic (exact) mass is 873 g/mol. The molecule has 4 heterocycles. The number of hydrogen-bond donors (Lipinski definition) is 4. The number of alkyl carbamates (subject to hydrolysis) is 1. The average molecular weight is 874 g/mol. The van der Waals surface area contributed by atoms with Crippen LogP contribution in [0.3, 0.4) is 0 Å². The van der Waals surface area contributed by atoms with Crippen LogP contribution in [0.5, 0.6) is 0 Å². The zero-order valence-corrected chi connectivity index (χ0v) is 37.4. The number of benzene rings is 3. The number of aromatic nitrogens is 4.